The highest BCUT2D eigenvalue weighted by Gasteiger charge is 2.05. The lowest BCUT2D eigenvalue weighted by Crippen LogP contribution is -2.06. The van der Waals surface area contributed by atoms with Gasteiger partial charge in [-0.25, -0.2) is 4.98 Å². The fraction of sp³-hybridized carbons (Fsp3) is 0.125. The van der Waals surface area contributed by atoms with Gasteiger partial charge >= 0.3 is 0 Å². The van der Waals surface area contributed by atoms with Gasteiger partial charge in [0.05, 0.1) is 11.2 Å². The first-order valence-electron chi connectivity index (χ1n) is 6.49. The molecule has 1 N–H and O–H groups in total. The van der Waals surface area contributed by atoms with Crippen molar-refractivity contribution in [1.29, 1.82) is 0 Å². The Labute approximate surface area is 117 Å². The molecular weight excluding hydrogens is 250 g/mol. The lowest BCUT2D eigenvalue weighted by Gasteiger charge is -2.08. The molecule has 0 atom stereocenters. The Balaban J connectivity index is 1.95. The van der Waals surface area contributed by atoms with E-state index in [0.717, 1.165) is 22.3 Å². The largest absolute Gasteiger partial charge is 0.438 e. The molecule has 4 nitrogen and oxygen atoms in total. The van der Waals surface area contributed by atoms with E-state index in [1.54, 1.807) is 6.20 Å². The Bertz CT molecular complexity index is 722. The molecule has 0 spiro atoms. The average molecular weight is 265 g/mol. The summed E-state index contributed by atoms with van der Waals surface area (Å²) in [5.41, 5.74) is 1.86. The van der Waals surface area contributed by atoms with Crippen LogP contribution in [0.3, 0.4) is 0 Å². The van der Waals surface area contributed by atoms with Crippen LogP contribution in [0.4, 0.5) is 0 Å². The number of rotatable bonds is 4. The van der Waals surface area contributed by atoms with Crippen molar-refractivity contribution in [3.63, 3.8) is 0 Å². The van der Waals surface area contributed by atoms with Crippen LogP contribution >= 0.6 is 0 Å². The molecule has 0 bridgehead atoms. The highest BCUT2D eigenvalue weighted by molar-refractivity contribution is 5.85. The number of aromatic nitrogens is 2. The van der Waals surface area contributed by atoms with E-state index in [1.165, 1.54) is 0 Å². The van der Waals surface area contributed by atoms with E-state index >= 15 is 0 Å². The van der Waals surface area contributed by atoms with E-state index in [-0.39, 0.29) is 0 Å². The topological polar surface area (TPSA) is 47.0 Å². The van der Waals surface area contributed by atoms with Crippen LogP contribution in [0.15, 0.2) is 54.7 Å². The SMILES string of the molecule is CNCc1cccc(Oc2cccc3ncccc23)n1. The normalized spacial score (nSPS) is 10.7. The molecule has 20 heavy (non-hydrogen) atoms. The van der Waals surface area contributed by atoms with Gasteiger partial charge in [0.25, 0.3) is 0 Å². The molecule has 0 radical (unpaired) electrons. The van der Waals surface area contributed by atoms with Crippen LogP contribution < -0.4 is 10.1 Å². The number of nitrogens with one attached hydrogen (secondary N) is 1. The number of fused-ring (bicyclic) bond motifs is 1. The van der Waals surface area contributed by atoms with Gasteiger partial charge in [0.2, 0.25) is 5.88 Å². The van der Waals surface area contributed by atoms with Gasteiger partial charge in [-0.05, 0) is 37.4 Å². The van der Waals surface area contributed by atoms with E-state index in [2.05, 4.69) is 15.3 Å². The second kappa shape index (κ2) is 5.67. The first kappa shape index (κ1) is 12.6. The van der Waals surface area contributed by atoms with Crippen molar-refractivity contribution in [2.45, 2.75) is 6.54 Å². The third kappa shape index (κ3) is 2.60. The third-order valence-corrected chi connectivity index (χ3v) is 2.96. The zero-order valence-corrected chi connectivity index (χ0v) is 11.2. The quantitative estimate of drug-likeness (QED) is 0.787. The Morgan fingerprint density at radius 3 is 2.85 bits per heavy atom. The summed E-state index contributed by atoms with van der Waals surface area (Å²) in [6.07, 6.45) is 1.78. The first-order valence-corrected chi connectivity index (χ1v) is 6.49. The summed E-state index contributed by atoms with van der Waals surface area (Å²) in [4.78, 5) is 8.78. The summed E-state index contributed by atoms with van der Waals surface area (Å²) in [7, 11) is 1.89. The van der Waals surface area contributed by atoms with Gasteiger partial charge in [-0.3, -0.25) is 4.98 Å². The molecule has 1 aromatic carbocycles. The number of benzene rings is 1. The van der Waals surface area contributed by atoms with E-state index < -0.39 is 0 Å². The summed E-state index contributed by atoms with van der Waals surface area (Å²) >= 11 is 0. The van der Waals surface area contributed by atoms with Gasteiger partial charge < -0.3 is 10.1 Å². The minimum Gasteiger partial charge on any atom is -0.438 e. The molecular formula is C16H15N3O. The summed E-state index contributed by atoms with van der Waals surface area (Å²) in [6, 6.07) is 15.5. The van der Waals surface area contributed by atoms with Crippen LogP contribution in [0.1, 0.15) is 5.69 Å². The van der Waals surface area contributed by atoms with E-state index in [0.29, 0.717) is 12.4 Å². The van der Waals surface area contributed by atoms with E-state index in [9.17, 15) is 0 Å². The number of hydrogen-bond donors (Lipinski definition) is 1. The van der Waals surface area contributed by atoms with Crippen molar-refractivity contribution >= 4 is 10.9 Å². The Hall–Kier alpha value is -2.46. The highest BCUT2D eigenvalue weighted by atomic mass is 16.5. The van der Waals surface area contributed by atoms with Crippen LogP contribution in [-0.4, -0.2) is 17.0 Å². The summed E-state index contributed by atoms with van der Waals surface area (Å²) in [5, 5.41) is 4.06. The molecule has 0 saturated heterocycles. The molecule has 2 heterocycles. The molecule has 0 fully saturated rings. The monoisotopic (exact) mass is 265 g/mol. The Morgan fingerprint density at radius 2 is 1.95 bits per heavy atom. The number of ether oxygens (including phenoxy) is 1. The first-order chi connectivity index (χ1) is 9.86. The molecule has 3 aromatic rings. The predicted molar refractivity (Wildman–Crippen MR) is 78.8 cm³/mol. The smallest absolute Gasteiger partial charge is 0.219 e. The zero-order chi connectivity index (χ0) is 13.8. The van der Waals surface area contributed by atoms with Crippen molar-refractivity contribution in [3.8, 4) is 11.6 Å². The molecule has 0 aliphatic rings. The molecule has 0 amide bonds. The number of nitrogens with zero attached hydrogens (tertiary/aromatic N) is 2. The van der Waals surface area contributed by atoms with Crippen molar-refractivity contribution in [2.75, 3.05) is 7.05 Å². The maximum atomic E-state index is 5.90. The molecule has 100 valence electrons. The van der Waals surface area contributed by atoms with Crippen LogP contribution in [-0.2, 0) is 6.54 Å². The van der Waals surface area contributed by atoms with Crippen LogP contribution in [0.5, 0.6) is 11.6 Å². The average Bonchev–Trinajstić information content (AvgIpc) is 2.48. The molecule has 0 unspecified atom stereocenters. The zero-order valence-electron chi connectivity index (χ0n) is 11.2. The van der Waals surface area contributed by atoms with Gasteiger partial charge in [-0.2, -0.15) is 0 Å². The van der Waals surface area contributed by atoms with Gasteiger partial charge in [0.15, 0.2) is 0 Å². The minimum atomic E-state index is 0.592. The molecule has 0 saturated carbocycles. The molecule has 4 heteroatoms. The second-order valence-electron chi connectivity index (χ2n) is 4.43. The standard InChI is InChI=1S/C16H15N3O/c1-17-11-12-5-2-9-16(19-12)20-15-8-3-7-14-13(15)6-4-10-18-14/h2-10,17H,11H2,1H3. The molecule has 3 rings (SSSR count). The Morgan fingerprint density at radius 1 is 1.05 bits per heavy atom. The van der Waals surface area contributed by atoms with Crippen molar-refractivity contribution in [1.82, 2.24) is 15.3 Å². The summed E-state index contributed by atoms with van der Waals surface area (Å²) in [6.45, 7) is 0.717. The fourth-order valence-corrected chi connectivity index (χ4v) is 2.07. The molecule has 0 aliphatic carbocycles. The van der Waals surface area contributed by atoms with Crippen LogP contribution in [0.25, 0.3) is 10.9 Å². The van der Waals surface area contributed by atoms with Crippen LogP contribution in [0.2, 0.25) is 0 Å². The highest BCUT2D eigenvalue weighted by Crippen LogP contribution is 2.27. The second-order valence-corrected chi connectivity index (χ2v) is 4.43. The maximum absolute atomic E-state index is 5.90. The van der Waals surface area contributed by atoms with Crippen molar-refractivity contribution in [2.24, 2.45) is 0 Å². The molecule has 0 aliphatic heterocycles. The number of hydrogen-bond acceptors (Lipinski definition) is 4. The fourth-order valence-electron chi connectivity index (χ4n) is 2.07. The maximum Gasteiger partial charge on any atom is 0.219 e. The Kier molecular flexibility index (Phi) is 3.56. The van der Waals surface area contributed by atoms with Crippen LogP contribution in [0, 0.1) is 0 Å². The van der Waals surface area contributed by atoms with Gasteiger partial charge in [-0.1, -0.05) is 12.1 Å². The summed E-state index contributed by atoms with van der Waals surface area (Å²) in [5.74, 6) is 1.36. The summed E-state index contributed by atoms with van der Waals surface area (Å²) < 4.78 is 5.90. The van der Waals surface area contributed by atoms with Gasteiger partial charge in [-0.15, -0.1) is 0 Å². The lowest BCUT2D eigenvalue weighted by atomic mass is 10.2. The van der Waals surface area contributed by atoms with E-state index in [4.69, 9.17) is 4.74 Å². The minimum absolute atomic E-state index is 0.592. The van der Waals surface area contributed by atoms with Gasteiger partial charge in [0.1, 0.15) is 5.75 Å². The third-order valence-electron chi connectivity index (χ3n) is 2.96. The van der Waals surface area contributed by atoms with E-state index in [1.807, 2.05) is 55.6 Å². The lowest BCUT2D eigenvalue weighted by molar-refractivity contribution is 0.465. The number of pyridine rings is 2. The van der Waals surface area contributed by atoms with Crippen molar-refractivity contribution in [3.05, 3.63) is 60.4 Å². The van der Waals surface area contributed by atoms with Gasteiger partial charge in [0, 0.05) is 24.2 Å². The van der Waals surface area contributed by atoms with Crippen molar-refractivity contribution < 1.29 is 4.74 Å². The predicted octanol–water partition coefficient (Wildman–Crippen LogP) is 3.14. The molecule has 2 aromatic heterocycles.